The molecule has 0 saturated carbocycles. The molecule has 130 valence electrons. The van der Waals surface area contributed by atoms with Gasteiger partial charge in [0.05, 0.1) is 12.5 Å². The van der Waals surface area contributed by atoms with Crippen molar-refractivity contribution in [3.8, 4) is 5.75 Å². The fourth-order valence-electron chi connectivity index (χ4n) is 3.63. The lowest BCUT2D eigenvalue weighted by Gasteiger charge is -2.13. The zero-order chi connectivity index (χ0) is 18.3. The Morgan fingerprint density at radius 1 is 1.04 bits per heavy atom. The van der Waals surface area contributed by atoms with Crippen LogP contribution in [0.25, 0.3) is 21.5 Å². The predicted molar refractivity (Wildman–Crippen MR) is 100 cm³/mol. The number of hydrogen-bond donors (Lipinski definition) is 0. The summed E-state index contributed by atoms with van der Waals surface area (Å²) in [5.41, 5.74) is 1.11. The minimum absolute atomic E-state index is 0.188. The smallest absolute Gasteiger partial charge is 0.333 e. The predicted octanol–water partition coefficient (Wildman–Crippen LogP) is 4.51. The topological polar surface area (TPSA) is 52.6 Å². The Morgan fingerprint density at radius 3 is 2.27 bits per heavy atom. The second kappa shape index (κ2) is 6.30. The number of carbonyl (C=O) groups is 2. The van der Waals surface area contributed by atoms with E-state index >= 15 is 0 Å². The molecule has 0 N–H and O–H groups in total. The van der Waals surface area contributed by atoms with Crippen LogP contribution in [0.5, 0.6) is 5.75 Å². The first-order chi connectivity index (χ1) is 12.6. The normalized spacial score (nSPS) is 15.7. The lowest BCUT2D eigenvalue weighted by molar-refractivity contribution is -0.138. The zero-order valence-electron chi connectivity index (χ0n) is 14.5. The molecule has 0 saturated heterocycles. The Morgan fingerprint density at radius 2 is 1.62 bits per heavy atom. The van der Waals surface area contributed by atoms with Crippen LogP contribution in [0.4, 0.5) is 0 Å². The van der Waals surface area contributed by atoms with E-state index in [1.165, 1.54) is 0 Å². The van der Waals surface area contributed by atoms with E-state index in [0.717, 1.165) is 27.1 Å². The Bertz CT molecular complexity index is 1060. The van der Waals surface area contributed by atoms with Gasteiger partial charge in [0.15, 0.2) is 0 Å². The molecule has 1 heterocycles. The molecule has 0 fully saturated rings. The molecule has 1 aliphatic rings. The van der Waals surface area contributed by atoms with Crippen molar-refractivity contribution < 1.29 is 19.1 Å². The molecule has 4 rings (SSSR count). The van der Waals surface area contributed by atoms with Gasteiger partial charge in [0, 0.05) is 16.5 Å². The first kappa shape index (κ1) is 16.3. The highest BCUT2D eigenvalue weighted by Crippen LogP contribution is 2.47. The quantitative estimate of drug-likeness (QED) is 0.302. The molecule has 0 aromatic heterocycles. The van der Waals surface area contributed by atoms with Crippen molar-refractivity contribution >= 4 is 33.5 Å². The van der Waals surface area contributed by atoms with E-state index in [-0.39, 0.29) is 24.6 Å². The lowest BCUT2D eigenvalue weighted by Crippen LogP contribution is -2.15. The van der Waals surface area contributed by atoms with Crippen LogP contribution in [-0.4, -0.2) is 18.5 Å². The summed E-state index contributed by atoms with van der Waals surface area (Å²) in [5, 5.41) is 3.97. The van der Waals surface area contributed by atoms with Gasteiger partial charge in [-0.05, 0) is 29.5 Å². The van der Waals surface area contributed by atoms with E-state index in [1.807, 2.05) is 48.5 Å². The van der Waals surface area contributed by atoms with E-state index in [1.54, 1.807) is 6.92 Å². The highest BCUT2D eigenvalue weighted by atomic mass is 16.5. The van der Waals surface area contributed by atoms with Gasteiger partial charge >= 0.3 is 11.9 Å². The number of ether oxygens (including phenoxy) is 2. The van der Waals surface area contributed by atoms with Gasteiger partial charge in [-0.1, -0.05) is 55.1 Å². The molecule has 0 bridgehead atoms. The van der Waals surface area contributed by atoms with E-state index < -0.39 is 11.9 Å². The molecular formula is C22H18O4. The molecule has 4 heteroatoms. The zero-order valence-corrected chi connectivity index (χ0v) is 14.5. The van der Waals surface area contributed by atoms with Crippen molar-refractivity contribution in [2.75, 3.05) is 6.61 Å². The van der Waals surface area contributed by atoms with Crippen LogP contribution in [0, 0.1) is 0 Å². The van der Waals surface area contributed by atoms with Gasteiger partial charge in [-0.15, -0.1) is 0 Å². The third kappa shape index (κ3) is 2.46. The van der Waals surface area contributed by atoms with Gasteiger partial charge in [-0.2, -0.15) is 0 Å². The van der Waals surface area contributed by atoms with Crippen LogP contribution < -0.4 is 4.74 Å². The van der Waals surface area contributed by atoms with Crippen LogP contribution in [-0.2, 0) is 14.3 Å². The maximum absolute atomic E-state index is 12.6. The Labute approximate surface area is 151 Å². The van der Waals surface area contributed by atoms with Crippen LogP contribution in [0.15, 0.2) is 60.7 Å². The van der Waals surface area contributed by atoms with E-state index in [0.29, 0.717) is 5.75 Å². The Balaban J connectivity index is 1.90. The third-order valence-electron chi connectivity index (χ3n) is 4.77. The number of carbonyl (C=O) groups excluding carboxylic acids is 2. The van der Waals surface area contributed by atoms with Gasteiger partial charge in [0.25, 0.3) is 0 Å². The first-order valence-electron chi connectivity index (χ1n) is 8.61. The summed E-state index contributed by atoms with van der Waals surface area (Å²) in [6.07, 6.45) is 0.188. The molecule has 1 atom stereocenters. The van der Waals surface area contributed by atoms with Crippen molar-refractivity contribution in [3.05, 3.63) is 66.2 Å². The standard InChI is InChI=1S/C22H18O4/c1-3-25-21(23)13(2)12-18-19-16-10-6-4-8-14(16)15-9-5-7-11-17(15)20(19)26-22(18)24/h4-11,18H,2-3,12H2,1H3. The monoisotopic (exact) mass is 346 g/mol. The maximum atomic E-state index is 12.6. The number of hydrogen-bond acceptors (Lipinski definition) is 4. The molecule has 1 aliphatic heterocycles. The van der Waals surface area contributed by atoms with Gasteiger partial charge in [-0.25, -0.2) is 4.79 Å². The number of benzene rings is 3. The SMILES string of the molecule is C=C(CC1C(=O)Oc2c1c1ccccc1c1ccccc21)C(=O)OCC. The van der Waals surface area contributed by atoms with E-state index in [2.05, 4.69) is 6.58 Å². The van der Waals surface area contributed by atoms with E-state index in [9.17, 15) is 9.59 Å². The van der Waals surface area contributed by atoms with Crippen molar-refractivity contribution in [2.24, 2.45) is 0 Å². The van der Waals surface area contributed by atoms with Crippen LogP contribution >= 0.6 is 0 Å². The molecule has 4 nitrogen and oxygen atoms in total. The summed E-state index contributed by atoms with van der Waals surface area (Å²) in [6, 6.07) is 15.8. The van der Waals surface area contributed by atoms with E-state index in [4.69, 9.17) is 9.47 Å². The molecule has 0 spiro atoms. The van der Waals surface area contributed by atoms with Gasteiger partial charge in [0.2, 0.25) is 0 Å². The minimum Gasteiger partial charge on any atom is -0.463 e. The molecule has 1 unspecified atom stereocenters. The summed E-state index contributed by atoms with van der Waals surface area (Å²) < 4.78 is 10.7. The third-order valence-corrected chi connectivity index (χ3v) is 4.77. The van der Waals surface area contributed by atoms with Crippen molar-refractivity contribution in [1.82, 2.24) is 0 Å². The number of esters is 2. The highest BCUT2D eigenvalue weighted by Gasteiger charge is 2.37. The minimum atomic E-state index is -0.559. The second-order valence-corrected chi connectivity index (χ2v) is 6.34. The second-order valence-electron chi connectivity index (χ2n) is 6.34. The number of rotatable bonds is 4. The van der Waals surface area contributed by atoms with Gasteiger partial charge in [-0.3, -0.25) is 4.79 Å². The van der Waals surface area contributed by atoms with Crippen molar-refractivity contribution in [2.45, 2.75) is 19.3 Å². The van der Waals surface area contributed by atoms with Crippen molar-refractivity contribution in [1.29, 1.82) is 0 Å². The maximum Gasteiger partial charge on any atom is 0.333 e. The van der Waals surface area contributed by atoms with Crippen LogP contribution in [0.3, 0.4) is 0 Å². The Hall–Kier alpha value is -3.14. The lowest BCUT2D eigenvalue weighted by atomic mass is 9.87. The van der Waals surface area contributed by atoms with Gasteiger partial charge in [0.1, 0.15) is 5.75 Å². The largest absolute Gasteiger partial charge is 0.463 e. The molecule has 3 aromatic carbocycles. The molecule has 0 amide bonds. The molecule has 0 radical (unpaired) electrons. The highest BCUT2D eigenvalue weighted by molar-refractivity contribution is 6.15. The molecule has 0 aliphatic carbocycles. The molecule has 26 heavy (non-hydrogen) atoms. The van der Waals surface area contributed by atoms with Gasteiger partial charge < -0.3 is 9.47 Å². The van der Waals surface area contributed by atoms with Crippen LogP contribution in [0.2, 0.25) is 0 Å². The summed E-state index contributed by atoms with van der Waals surface area (Å²) in [5.74, 6) is -0.798. The summed E-state index contributed by atoms with van der Waals surface area (Å²) >= 11 is 0. The average molecular weight is 346 g/mol. The fraction of sp³-hybridized carbons (Fsp3) is 0.182. The van der Waals surface area contributed by atoms with Crippen molar-refractivity contribution in [3.63, 3.8) is 0 Å². The fourth-order valence-corrected chi connectivity index (χ4v) is 3.63. The molecular weight excluding hydrogens is 328 g/mol. The summed E-state index contributed by atoms with van der Waals surface area (Å²) in [6.45, 7) is 5.82. The summed E-state index contributed by atoms with van der Waals surface area (Å²) in [4.78, 5) is 24.6. The number of fused-ring (bicyclic) bond motifs is 6. The first-order valence-corrected chi connectivity index (χ1v) is 8.61. The Kier molecular flexibility index (Phi) is 3.96. The summed E-state index contributed by atoms with van der Waals surface area (Å²) in [7, 11) is 0. The molecule has 3 aromatic rings. The van der Waals surface area contributed by atoms with Crippen LogP contribution in [0.1, 0.15) is 24.8 Å². The average Bonchev–Trinajstić information content (AvgIpc) is 2.99.